The largest absolute Gasteiger partial charge is 0.481 e. The topological polar surface area (TPSA) is 122 Å². The number of nitrogens with zero attached hydrogens (tertiary/aromatic N) is 1. The van der Waals surface area contributed by atoms with Crippen LogP contribution >= 0.6 is 11.6 Å². The van der Waals surface area contributed by atoms with E-state index in [-0.39, 0.29) is 29.9 Å². The normalized spacial score (nSPS) is 16.1. The molecule has 3 rings (SSSR count). The van der Waals surface area contributed by atoms with Crippen molar-refractivity contribution in [2.75, 3.05) is 19.7 Å². The van der Waals surface area contributed by atoms with Crippen molar-refractivity contribution in [3.8, 4) is 11.5 Å². The molecule has 0 saturated carbocycles. The van der Waals surface area contributed by atoms with Crippen LogP contribution in [-0.2, 0) is 14.4 Å². The molecule has 0 radical (unpaired) electrons. The summed E-state index contributed by atoms with van der Waals surface area (Å²) in [6.07, 6.45) is -0.320. The summed E-state index contributed by atoms with van der Waals surface area (Å²) in [4.78, 5) is 50.9. The molecule has 1 fully saturated rings. The van der Waals surface area contributed by atoms with Gasteiger partial charge < -0.3 is 24.8 Å². The van der Waals surface area contributed by atoms with Crippen LogP contribution in [0, 0.1) is 29.2 Å². The average molecular weight is 575 g/mol. The smallest absolute Gasteiger partial charge is 0.415 e. The highest BCUT2D eigenvalue weighted by Gasteiger charge is 2.32. The first-order valence-electron chi connectivity index (χ1n) is 11.7. The van der Waals surface area contributed by atoms with Crippen molar-refractivity contribution < 1.29 is 51.3 Å². The molecule has 2 N–H and O–H groups in total. The second-order valence-electron chi connectivity index (χ2n) is 8.65. The SMILES string of the molecule is O=C(O)C[C@H](NC(=O)[C@@H]1CCCCN(C(=O)Oc2ccccc2Cl)C1)C(=O)COc1c(F)c(F)cc(F)c1F. The fourth-order valence-electron chi connectivity index (χ4n) is 3.84. The number of ether oxygens (including phenoxy) is 2. The number of amides is 2. The third-order valence-corrected chi connectivity index (χ3v) is 6.16. The van der Waals surface area contributed by atoms with Gasteiger partial charge in [0.1, 0.15) is 12.6 Å². The molecule has 2 aromatic rings. The van der Waals surface area contributed by atoms with Gasteiger partial charge in [-0.15, -0.1) is 0 Å². The fraction of sp³-hybridized carbons (Fsp3) is 0.360. The van der Waals surface area contributed by atoms with E-state index in [0.29, 0.717) is 19.3 Å². The van der Waals surface area contributed by atoms with Gasteiger partial charge in [-0.05, 0) is 25.0 Å². The molecule has 0 aliphatic carbocycles. The zero-order valence-electron chi connectivity index (χ0n) is 20.2. The summed E-state index contributed by atoms with van der Waals surface area (Å²) in [5.41, 5.74) is 0. The Morgan fingerprint density at radius 3 is 2.38 bits per heavy atom. The summed E-state index contributed by atoms with van der Waals surface area (Å²) in [5.74, 6) is -12.9. The van der Waals surface area contributed by atoms with E-state index in [4.69, 9.17) is 16.3 Å². The minimum Gasteiger partial charge on any atom is -0.481 e. The lowest BCUT2D eigenvalue weighted by molar-refractivity contribution is -0.141. The zero-order valence-corrected chi connectivity index (χ0v) is 21.0. The number of likely N-dealkylation sites (tertiary alicyclic amines) is 1. The number of rotatable bonds is 9. The number of carboxylic acids is 1. The standard InChI is InChI=1S/C25H23ClF4N2O7/c26-14-6-1-2-7-19(14)39-25(37)32-8-4-3-5-13(11-32)24(36)31-17(10-20(34)35)18(33)12-38-23-21(29)15(27)9-16(28)22(23)30/h1-2,6-7,9,13,17H,3-5,8,10-12H2,(H,31,36)(H,34,35)/t13-,17+/m1/s1. The van der Waals surface area contributed by atoms with E-state index in [1.165, 1.54) is 17.0 Å². The van der Waals surface area contributed by atoms with Gasteiger partial charge in [0.2, 0.25) is 17.5 Å². The van der Waals surface area contributed by atoms with E-state index < -0.39 is 77.8 Å². The summed E-state index contributed by atoms with van der Waals surface area (Å²) in [6, 6.07) is 4.53. The number of Topliss-reactive ketones (excluding diaryl/α,β-unsaturated/α-hetero) is 1. The predicted molar refractivity (Wildman–Crippen MR) is 127 cm³/mol. The molecule has 2 amide bonds. The van der Waals surface area contributed by atoms with Gasteiger partial charge in [-0.1, -0.05) is 30.2 Å². The molecule has 2 aromatic carbocycles. The minimum atomic E-state index is -1.89. The number of benzene rings is 2. The molecule has 210 valence electrons. The van der Waals surface area contributed by atoms with Gasteiger partial charge in [0.25, 0.3) is 0 Å². The number of nitrogens with one attached hydrogen (secondary N) is 1. The van der Waals surface area contributed by atoms with Crippen molar-refractivity contribution in [3.05, 3.63) is 58.6 Å². The highest BCUT2D eigenvalue weighted by molar-refractivity contribution is 6.32. The van der Waals surface area contributed by atoms with Crippen LogP contribution in [0.1, 0.15) is 25.7 Å². The Bertz CT molecular complexity index is 1240. The number of ketones is 1. The highest BCUT2D eigenvalue weighted by Crippen LogP contribution is 2.27. The Balaban J connectivity index is 1.67. The number of carboxylic acid groups (broad SMARTS) is 1. The van der Waals surface area contributed by atoms with Crippen molar-refractivity contribution in [2.24, 2.45) is 5.92 Å². The van der Waals surface area contributed by atoms with Crippen molar-refractivity contribution in [1.29, 1.82) is 0 Å². The Labute approximate surface area is 224 Å². The van der Waals surface area contributed by atoms with Crippen LogP contribution in [0.5, 0.6) is 11.5 Å². The van der Waals surface area contributed by atoms with Crippen molar-refractivity contribution >= 4 is 35.4 Å². The third kappa shape index (κ3) is 7.82. The van der Waals surface area contributed by atoms with Crippen molar-refractivity contribution in [3.63, 3.8) is 0 Å². The number of para-hydroxylation sites is 1. The van der Waals surface area contributed by atoms with Crippen LogP contribution < -0.4 is 14.8 Å². The van der Waals surface area contributed by atoms with Gasteiger partial charge in [0.05, 0.1) is 17.4 Å². The number of hydrogen-bond donors (Lipinski definition) is 2. The number of halogens is 5. The van der Waals surface area contributed by atoms with Gasteiger partial charge in [0, 0.05) is 19.2 Å². The fourth-order valence-corrected chi connectivity index (χ4v) is 4.01. The van der Waals surface area contributed by atoms with E-state index in [1.807, 2.05) is 0 Å². The molecule has 0 bridgehead atoms. The summed E-state index contributed by atoms with van der Waals surface area (Å²) < 4.78 is 64.4. The average Bonchev–Trinajstić information content (AvgIpc) is 3.15. The number of hydrogen-bond acceptors (Lipinski definition) is 6. The van der Waals surface area contributed by atoms with Crippen LogP contribution in [0.3, 0.4) is 0 Å². The molecule has 14 heteroatoms. The van der Waals surface area contributed by atoms with Gasteiger partial charge >= 0.3 is 12.1 Å². The maximum atomic E-state index is 13.8. The second kappa shape index (κ2) is 13.3. The molecular formula is C25H23ClF4N2O7. The second-order valence-corrected chi connectivity index (χ2v) is 9.06. The lowest BCUT2D eigenvalue weighted by Gasteiger charge is -2.25. The van der Waals surface area contributed by atoms with E-state index >= 15 is 0 Å². The molecule has 2 atom stereocenters. The first kappa shape index (κ1) is 29.7. The summed E-state index contributed by atoms with van der Waals surface area (Å²) in [6.45, 7) is -1.05. The number of carbonyl (C=O) groups is 4. The zero-order chi connectivity index (χ0) is 28.7. The molecule has 1 aliphatic heterocycles. The van der Waals surface area contributed by atoms with Crippen LogP contribution in [0.15, 0.2) is 30.3 Å². The van der Waals surface area contributed by atoms with Crippen LogP contribution in [0.4, 0.5) is 22.4 Å². The van der Waals surface area contributed by atoms with Crippen LogP contribution in [0.25, 0.3) is 0 Å². The molecule has 1 aliphatic rings. The number of aliphatic carboxylic acids is 1. The molecule has 39 heavy (non-hydrogen) atoms. The molecule has 0 aromatic heterocycles. The molecule has 9 nitrogen and oxygen atoms in total. The quantitative estimate of drug-likeness (QED) is 0.341. The summed E-state index contributed by atoms with van der Waals surface area (Å²) >= 11 is 6.02. The molecule has 0 spiro atoms. The Morgan fingerprint density at radius 1 is 1.08 bits per heavy atom. The Kier molecular flexibility index (Phi) is 10.1. The first-order chi connectivity index (χ1) is 18.5. The van der Waals surface area contributed by atoms with E-state index in [1.54, 1.807) is 12.1 Å². The Hall–Kier alpha value is -3.87. The highest BCUT2D eigenvalue weighted by atomic mass is 35.5. The molecular weight excluding hydrogens is 552 g/mol. The first-order valence-corrected chi connectivity index (χ1v) is 12.1. The van der Waals surface area contributed by atoms with Crippen molar-refractivity contribution in [1.82, 2.24) is 10.2 Å². The lowest BCUT2D eigenvalue weighted by Crippen LogP contribution is -2.48. The monoisotopic (exact) mass is 574 g/mol. The van der Waals surface area contributed by atoms with Crippen molar-refractivity contribution in [2.45, 2.75) is 31.7 Å². The molecule has 1 heterocycles. The van der Waals surface area contributed by atoms with Gasteiger partial charge in [-0.25, -0.2) is 13.6 Å². The molecule has 1 saturated heterocycles. The van der Waals surface area contributed by atoms with Crippen LogP contribution in [0.2, 0.25) is 5.02 Å². The molecule has 0 unspecified atom stereocenters. The lowest BCUT2D eigenvalue weighted by atomic mass is 10.0. The maximum Gasteiger partial charge on any atom is 0.415 e. The van der Waals surface area contributed by atoms with Gasteiger partial charge in [-0.3, -0.25) is 14.4 Å². The predicted octanol–water partition coefficient (Wildman–Crippen LogP) is 4.10. The minimum absolute atomic E-state index is 0.0485. The van der Waals surface area contributed by atoms with E-state index in [2.05, 4.69) is 10.1 Å². The van der Waals surface area contributed by atoms with Crippen LogP contribution in [-0.4, -0.2) is 59.5 Å². The summed E-state index contributed by atoms with van der Waals surface area (Å²) in [7, 11) is 0. The third-order valence-electron chi connectivity index (χ3n) is 5.85. The Morgan fingerprint density at radius 2 is 1.74 bits per heavy atom. The van der Waals surface area contributed by atoms with E-state index in [0.717, 1.165) is 0 Å². The summed E-state index contributed by atoms with van der Waals surface area (Å²) in [5, 5.41) is 11.7. The van der Waals surface area contributed by atoms with Gasteiger partial charge in [-0.2, -0.15) is 8.78 Å². The maximum absolute atomic E-state index is 13.8. The van der Waals surface area contributed by atoms with E-state index in [9.17, 15) is 41.8 Å². The van der Waals surface area contributed by atoms with Gasteiger partial charge in [0.15, 0.2) is 28.9 Å². The number of carbonyl (C=O) groups excluding carboxylic acids is 3.